The summed E-state index contributed by atoms with van der Waals surface area (Å²) in [6.45, 7) is 1.80. The first-order chi connectivity index (χ1) is 9.06. The smallest absolute Gasteiger partial charge is 0.175 e. The standard InChI is InChI=1S/C15H12ClFOS/c1-10(19-14-7-3-6-13(17)9-14)15(18)11-4-2-5-12(16)8-11/h2-10H,1H3. The number of Topliss-reactive ketones (excluding diaryl/α,β-unsaturated/α-hetero) is 1. The number of carbonyl (C=O) groups is 1. The molecule has 1 atom stereocenters. The average molecular weight is 295 g/mol. The summed E-state index contributed by atoms with van der Waals surface area (Å²) in [5.41, 5.74) is 0.573. The second kappa shape index (κ2) is 6.22. The molecule has 0 fully saturated rings. The normalized spacial score (nSPS) is 12.2. The number of benzene rings is 2. The molecule has 0 aliphatic rings. The van der Waals surface area contributed by atoms with Crippen LogP contribution >= 0.6 is 23.4 Å². The monoisotopic (exact) mass is 294 g/mol. The van der Waals surface area contributed by atoms with Gasteiger partial charge in [-0.2, -0.15) is 0 Å². The molecule has 0 aliphatic heterocycles. The fourth-order valence-electron chi connectivity index (χ4n) is 1.67. The van der Waals surface area contributed by atoms with Crippen LogP contribution in [0.5, 0.6) is 0 Å². The molecule has 2 rings (SSSR count). The van der Waals surface area contributed by atoms with Gasteiger partial charge >= 0.3 is 0 Å². The van der Waals surface area contributed by atoms with Crippen molar-refractivity contribution in [3.05, 3.63) is 64.9 Å². The summed E-state index contributed by atoms with van der Waals surface area (Å²) in [5, 5.41) is 0.245. The zero-order valence-corrected chi connectivity index (χ0v) is 11.8. The summed E-state index contributed by atoms with van der Waals surface area (Å²) in [4.78, 5) is 13.0. The molecule has 2 aromatic rings. The Morgan fingerprint density at radius 3 is 2.63 bits per heavy atom. The van der Waals surface area contributed by atoms with Crippen LogP contribution in [0.15, 0.2) is 53.4 Å². The quantitative estimate of drug-likeness (QED) is 0.593. The molecule has 1 nitrogen and oxygen atoms in total. The van der Waals surface area contributed by atoms with Crippen molar-refractivity contribution in [2.45, 2.75) is 17.1 Å². The van der Waals surface area contributed by atoms with Crippen LogP contribution in [0.2, 0.25) is 5.02 Å². The van der Waals surface area contributed by atoms with Crippen molar-refractivity contribution in [3.8, 4) is 0 Å². The van der Waals surface area contributed by atoms with E-state index in [2.05, 4.69) is 0 Å². The van der Waals surface area contributed by atoms with E-state index in [0.29, 0.717) is 10.6 Å². The number of rotatable bonds is 4. The van der Waals surface area contributed by atoms with Crippen LogP contribution in [-0.4, -0.2) is 11.0 Å². The lowest BCUT2D eigenvalue weighted by molar-refractivity contribution is 0.0994. The molecule has 0 heterocycles. The van der Waals surface area contributed by atoms with E-state index < -0.39 is 0 Å². The molecule has 0 spiro atoms. The fraction of sp³-hybridized carbons (Fsp3) is 0.133. The van der Waals surface area contributed by atoms with Gasteiger partial charge in [0.15, 0.2) is 5.78 Å². The van der Waals surface area contributed by atoms with E-state index in [-0.39, 0.29) is 16.9 Å². The van der Waals surface area contributed by atoms with E-state index >= 15 is 0 Å². The zero-order valence-electron chi connectivity index (χ0n) is 10.3. The van der Waals surface area contributed by atoms with E-state index in [1.54, 1.807) is 43.3 Å². The molecule has 0 aliphatic carbocycles. The van der Waals surface area contributed by atoms with E-state index in [0.717, 1.165) is 4.90 Å². The first-order valence-corrected chi connectivity index (χ1v) is 7.04. The predicted octanol–water partition coefficient (Wildman–Crippen LogP) is 4.84. The van der Waals surface area contributed by atoms with Gasteiger partial charge in [-0.05, 0) is 37.3 Å². The molecule has 2 aromatic carbocycles. The Morgan fingerprint density at radius 2 is 1.95 bits per heavy atom. The van der Waals surface area contributed by atoms with Crippen molar-refractivity contribution in [1.82, 2.24) is 0 Å². The van der Waals surface area contributed by atoms with Crippen LogP contribution in [0.25, 0.3) is 0 Å². The number of halogens is 2. The molecule has 0 aromatic heterocycles. The van der Waals surface area contributed by atoms with Crippen molar-refractivity contribution in [2.75, 3.05) is 0 Å². The molecule has 4 heteroatoms. The van der Waals surface area contributed by atoms with Crippen LogP contribution in [0.1, 0.15) is 17.3 Å². The molecular formula is C15H12ClFOS. The molecule has 0 radical (unpaired) electrons. The minimum absolute atomic E-state index is 0.0169. The predicted molar refractivity (Wildman–Crippen MR) is 77.5 cm³/mol. The molecule has 19 heavy (non-hydrogen) atoms. The maximum Gasteiger partial charge on any atom is 0.175 e. The fourth-order valence-corrected chi connectivity index (χ4v) is 2.85. The van der Waals surface area contributed by atoms with Gasteiger partial charge in [-0.1, -0.05) is 29.8 Å². The van der Waals surface area contributed by atoms with Crippen LogP contribution in [0.4, 0.5) is 4.39 Å². The summed E-state index contributed by atoms with van der Waals surface area (Å²) < 4.78 is 13.1. The first kappa shape index (κ1) is 14.1. The van der Waals surface area contributed by atoms with E-state index in [1.807, 2.05) is 0 Å². The van der Waals surface area contributed by atoms with Crippen molar-refractivity contribution in [2.24, 2.45) is 0 Å². The third-order valence-corrected chi connectivity index (χ3v) is 3.92. The van der Waals surface area contributed by atoms with Crippen molar-refractivity contribution < 1.29 is 9.18 Å². The highest BCUT2D eigenvalue weighted by Gasteiger charge is 2.16. The molecule has 98 valence electrons. The molecule has 0 N–H and O–H groups in total. The Labute approximate surface area is 120 Å². The lowest BCUT2D eigenvalue weighted by Crippen LogP contribution is -2.13. The van der Waals surface area contributed by atoms with Gasteiger partial charge in [-0.3, -0.25) is 4.79 Å². The molecule has 0 saturated heterocycles. The highest BCUT2D eigenvalue weighted by Crippen LogP contribution is 2.26. The third-order valence-electron chi connectivity index (χ3n) is 2.59. The van der Waals surface area contributed by atoms with E-state index in [1.165, 1.54) is 23.9 Å². The molecule has 0 amide bonds. The average Bonchev–Trinajstić information content (AvgIpc) is 2.38. The van der Waals surface area contributed by atoms with Gasteiger partial charge in [0.25, 0.3) is 0 Å². The Bertz CT molecular complexity index is 600. The second-order valence-corrected chi connectivity index (χ2v) is 5.94. The summed E-state index contributed by atoms with van der Waals surface area (Å²) >= 11 is 7.20. The summed E-state index contributed by atoms with van der Waals surface area (Å²) in [7, 11) is 0. The Kier molecular flexibility index (Phi) is 4.61. The van der Waals surface area contributed by atoms with E-state index in [9.17, 15) is 9.18 Å². The topological polar surface area (TPSA) is 17.1 Å². The Balaban J connectivity index is 2.12. The van der Waals surface area contributed by atoms with Crippen LogP contribution < -0.4 is 0 Å². The lowest BCUT2D eigenvalue weighted by atomic mass is 10.1. The molecular weight excluding hydrogens is 283 g/mol. The molecule has 0 saturated carbocycles. The van der Waals surface area contributed by atoms with Gasteiger partial charge < -0.3 is 0 Å². The first-order valence-electron chi connectivity index (χ1n) is 5.78. The second-order valence-electron chi connectivity index (χ2n) is 4.09. The minimum atomic E-state index is -0.299. The van der Waals surface area contributed by atoms with E-state index in [4.69, 9.17) is 11.6 Å². The molecule has 0 bridgehead atoms. The maximum atomic E-state index is 13.1. The highest BCUT2D eigenvalue weighted by molar-refractivity contribution is 8.00. The van der Waals surface area contributed by atoms with Crippen molar-refractivity contribution >= 4 is 29.1 Å². The minimum Gasteiger partial charge on any atom is -0.293 e. The van der Waals surface area contributed by atoms with Gasteiger partial charge in [0.2, 0.25) is 0 Å². The van der Waals surface area contributed by atoms with Crippen LogP contribution in [-0.2, 0) is 0 Å². The van der Waals surface area contributed by atoms with Gasteiger partial charge in [0.05, 0.1) is 5.25 Å². The maximum absolute atomic E-state index is 13.1. The number of hydrogen-bond donors (Lipinski definition) is 0. The SMILES string of the molecule is CC(Sc1cccc(F)c1)C(=O)c1cccc(Cl)c1. The Hall–Kier alpha value is -1.32. The summed E-state index contributed by atoms with van der Waals surface area (Å²) in [6.07, 6.45) is 0. The summed E-state index contributed by atoms with van der Waals surface area (Å²) in [5.74, 6) is -0.316. The summed E-state index contributed by atoms with van der Waals surface area (Å²) in [6, 6.07) is 13.1. The number of ketones is 1. The largest absolute Gasteiger partial charge is 0.293 e. The van der Waals surface area contributed by atoms with Gasteiger partial charge in [0.1, 0.15) is 5.82 Å². The highest BCUT2D eigenvalue weighted by atomic mass is 35.5. The third kappa shape index (κ3) is 3.82. The van der Waals surface area contributed by atoms with Gasteiger partial charge in [-0.25, -0.2) is 4.39 Å². The number of carbonyl (C=O) groups excluding carboxylic acids is 1. The lowest BCUT2D eigenvalue weighted by Gasteiger charge is -2.10. The Morgan fingerprint density at radius 1 is 1.21 bits per heavy atom. The molecule has 1 unspecified atom stereocenters. The van der Waals surface area contributed by atoms with Crippen molar-refractivity contribution in [1.29, 1.82) is 0 Å². The van der Waals surface area contributed by atoms with Crippen LogP contribution in [0, 0.1) is 5.82 Å². The number of thioether (sulfide) groups is 1. The van der Waals surface area contributed by atoms with Gasteiger partial charge in [-0.15, -0.1) is 11.8 Å². The number of hydrogen-bond acceptors (Lipinski definition) is 2. The van der Waals surface area contributed by atoms with Crippen molar-refractivity contribution in [3.63, 3.8) is 0 Å². The van der Waals surface area contributed by atoms with Crippen LogP contribution in [0.3, 0.4) is 0 Å². The van der Waals surface area contributed by atoms with Gasteiger partial charge in [0, 0.05) is 15.5 Å². The zero-order chi connectivity index (χ0) is 13.8.